The maximum atomic E-state index is 10.2. The van der Waals surface area contributed by atoms with Crippen molar-refractivity contribution in [2.45, 2.75) is 32.6 Å². The third kappa shape index (κ3) is 5.91. The maximum Gasteiger partial charge on any atom is 0.142 e. The van der Waals surface area contributed by atoms with Gasteiger partial charge in [0.25, 0.3) is 0 Å². The second-order valence-corrected chi connectivity index (χ2v) is 3.97. The van der Waals surface area contributed by atoms with Crippen LogP contribution < -0.4 is 4.74 Å². The van der Waals surface area contributed by atoms with Gasteiger partial charge < -0.3 is 4.74 Å². The summed E-state index contributed by atoms with van der Waals surface area (Å²) >= 11 is 0. The highest BCUT2D eigenvalue weighted by Gasteiger charge is 1.93. The van der Waals surface area contributed by atoms with Crippen LogP contribution in [0.1, 0.15) is 38.2 Å². The quantitative estimate of drug-likeness (QED) is 0.386. The maximum absolute atomic E-state index is 10.2. The smallest absolute Gasteiger partial charge is 0.142 e. The van der Waals surface area contributed by atoms with Gasteiger partial charge in [-0.1, -0.05) is 44.4 Å². The molecule has 0 amide bonds. The first-order valence-electron chi connectivity index (χ1n) is 6.21. The van der Waals surface area contributed by atoms with Crippen LogP contribution in [0.4, 0.5) is 0 Å². The van der Waals surface area contributed by atoms with E-state index >= 15 is 0 Å². The average molecular weight is 232 g/mol. The average Bonchev–Trinajstić information content (AvgIpc) is 2.37. The van der Waals surface area contributed by atoms with E-state index in [0.29, 0.717) is 0 Å². The van der Waals surface area contributed by atoms with Crippen LogP contribution in [0.25, 0.3) is 6.08 Å². The van der Waals surface area contributed by atoms with E-state index < -0.39 is 0 Å². The van der Waals surface area contributed by atoms with E-state index in [4.69, 9.17) is 4.74 Å². The van der Waals surface area contributed by atoms with Crippen molar-refractivity contribution in [3.05, 3.63) is 35.9 Å². The predicted molar refractivity (Wildman–Crippen MR) is 71.2 cm³/mol. The molecule has 17 heavy (non-hydrogen) atoms. The molecule has 0 aliphatic rings. The molecule has 2 heteroatoms. The van der Waals surface area contributed by atoms with Crippen LogP contribution >= 0.6 is 0 Å². The number of hydrogen-bond donors (Lipinski definition) is 0. The molecule has 0 aliphatic carbocycles. The molecule has 0 spiro atoms. The molecule has 0 fully saturated rings. The molecule has 1 aromatic rings. The number of hydrogen-bond acceptors (Lipinski definition) is 2. The van der Waals surface area contributed by atoms with E-state index in [1.807, 2.05) is 24.3 Å². The Morgan fingerprint density at radius 2 is 1.88 bits per heavy atom. The fraction of sp³-hybridized carbons (Fsp3) is 0.400. The van der Waals surface area contributed by atoms with Crippen LogP contribution in [0.2, 0.25) is 0 Å². The fourth-order valence-corrected chi connectivity index (χ4v) is 1.54. The van der Waals surface area contributed by atoms with Crippen molar-refractivity contribution >= 4 is 12.4 Å². The van der Waals surface area contributed by atoms with E-state index in [1.54, 1.807) is 6.08 Å². The molecular formula is C15H20O2. The van der Waals surface area contributed by atoms with Crippen molar-refractivity contribution < 1.29 is 9.53 Å². The Morgan fingerprint density at radius 1 is 1.12 bits per heavy atom. The summed E-state index contributed by atoms with van der Waals surface area (Å²) in [5, 5.41) is 0. The Morgan fingerprint density at radius 3 is 2.53 bits per heavy atom. The van der Waals surface area contributed by atoms with Crippen molar-refractivity contribution in [3.8, 4) is 5.75 Å². The Balaban J connectivity index is 2.30. The summed E-state index contributed by atoms with van der Waals surface area (Å²) in [6.45, 7) is 2.98. The van der Waals surface area contributed by atoms with E-state index in [-0.39, 0.29) is 0 Å². The number of carbonyl (C=O) groups is 1. The van der Waals surface area contributed by atoms with Crippen molar-refractivity contribution in [2.75, 3.05) is 6.61 Å². The SMILES string of the molecule is CCCCCCOc1ccc(/C=C/C=O)cc1. The largest absolute Gasteiger partial charge is 0.494 e. The van der Waals surface area contributed by atoms with Crippen molar-refractivity contribution in [3.63, 3.8) is 0 Å². The zero-order valence-electron chi connectivity index (χ0n) is 10.4. The summed E-state index contributed by atoms with van der Waals surface area (Å²) in [5.74, 6) is 0.893. The Kier molecular flexibility index (Phi) is 6.80. The summed E-state index contributed by atoms with van der Waals surface area (Å²) < 4.78 is 5.62. The van der Waals surface area contributed by atoms with Crippen LogP contribution in [-0.2, 0) is 4.79 Å². The van der Waals surface area contributed by atoms with Crippen LogP contribution in [0.15, 0.2) is 30.3 Å². The topological polar surface area (TPSA) is 26.3 Å². The summed E-state index contributed by atoms with van der Waals surface area (Å²) in [7, 11) is 0. The van der Waals surface area contributed by atoms with E-state index in [0.717, 1.165) is 30.6 Å². The molecule has 0 N–H and O–H groups in total. The molecule has 2 nitrogen and oxygen atoms in total. The highest BCUT2D eigenvalue weighted by atomic mass is 16.5. The fourth-order valence-electron chi connectivity index (χ4n) is 1.54. The molecule has 0 aromatic heterocycles. The third-order valence-corrected chi connectivity index (χ3v) is 2.51. The van der Waals surface area contributed by atoms with Gasteiger partial charge in [-0.2, -0.15) is 0 Å². The molecule has 0 heterocycles. The minimum atomic E-state index is 0.776. The van der Waals surface area contributed by atoms with Gasteiger partial charge in [-0.05, 0) is 30.2 Å². The molecule has 92 valence electrons. The first-order valence-corrected chi connectivity index (χ1v) is 6.21. The molecule has 0 aliphatic heterocycles. The Hall–Kier alpha value is -1.57. The Labute approximate surface area is 103 Å². The second-order valence-electron chi connectivity index (χ2n) is 3.97. The van der Waals surface area contributed by atoms with E-state index in [9.17, 15) is 4.79 Å². The van der Waals surface area contributed by atoms with Gasteiger partial charge in [0, 0.05) is 0 Å². The van der Waals surface area contributed by atoms with Gasteiger partial charge >= 0.3 is 0 Å². The number of aldehydes is 1. The molecule has 0 bridgehead atoms. The second kappa shape index (κ2) is 8.57. The normalized spacial score (nSPS) is 10.6. The van der Waals surface area contributed by atoms with E-state index in [1.165, 1.54) is 25.3 Å². The lowest BCUT2D eigenvalue weighted by Gasteiger charge is -2.05. The number of unbranched alkanes of at least 4 members (excludes halogenated alkanes) is 3. The van der Waals surface area contributed by atoms with Gasteiger partial charge in [0.2, 0.25) is 0 Å². The summed E-state index contributed by atoms with van der Waals surface area (Å²) in [6, 6.07) is 7.76. The number of ether oxygens (including phenoxy) is 1. The van der Waals surface area contributed by atoms with Crippen LogP contribution in [0, 0.1) is 0 Å². The number of benzene rings is 1. The standard InChI is InChI=1S/C15H20O2/c1-2-3-4-5-13-17-15-10-8-14(9-11-15)7-6-12-16/h6-12H,2-5,13H2,1H3/b7-6+. The van der Waals surface area contributed by atoms with Gasteiger partial charge in [-0.15, -0.1) is 0 Å². The minimum Gasteiger partial charge on any atom is -0.494 e. The van der Waals surface area contributed by atoms with Gasteiger partial charge in [0.15, 0.2) is 0 Å². The summed E-state index contributed by atoms with van der Waals surface area (Å²) in [6.07, 6.45) is 8.91. The van der Waals surface area contributed by atoms with Crippen LogP contribution in [-0.4, -0.2) is 12.9 Å². The molecule has 0 atom stereocenters. The highest BCUT2D eigenvalue weighted by Crippen LogP contribution is 2.13. The lowest BCUT2D eigenvalue weighted by molar-refractivity contribution is -0.104. The van der Waals surface area contributed by atoms with Gasteiger partial charge in [0.05, 0.1) is 6.61 Å². The predicted octanol–water partition coefficient (Wildman–Crippen LogP) is 3.86. The molecule has 0 saturated heterocycles. The molecule has 0 saturated carbocycles. The number of rotatable bonds is 8. The summed E-state index contributed by atoms with van der Waals surface area (Å²) in [4.78, 5) is 10.2. The highest BCUT2D eigenvalue weighted by molar-refractivity contribution is 5.73. The monoisotopic (exact) mass is 232 g/mol. The van der Waals surface area contributed by atoms with Gasteiger partial charge in [-0.25, -0.2) is 0 Å². The molecule has 1 aromatic carbocycles. The lowest BCUT2D eigenvalue weighted by atomic mass is 10.2. The summed E-state index contributed by atoms with van der Waals surface area (Å²) in [5.41, 5.74) is 1.01. The minimum absolute atomic E-state index is 0.776. The number of carbonyl (C=O) groups excluding carboxylic acids is 1. The van der Waals surface area contributed by atoms with Crippen molar-refractivity contribution in [1.82, 2.24) is 0 Å². The zero-order chi connectivity index (χ0) is 12.3. The first kappa shape index (κ1) is 13.5. The first-order chi connectivity index (χ1) is 8.36. The van der Waals surface area contributed by atoms with Gasteiger partial charge in [0.1, 0.15) is 12.0 Å². The molecule has 1 rings (SSSR count). The van der Waals surface area contributed by atoms with Gasteiger partial charge in [-0.3, -0.25) is 4.79 Å². The van der Waals surface area contributed by atoms with Crippen LogP contribution in [0.5, 0.6) is 5.75 Å². The zero-order valence-corrected chi connectivity index (χ0v) is 10.4. The van der Waals surface area contributed by atoms with Crippen molar-refractivity contribution in [1.29, 1.82) is 0 Å². The third-order valence-electron chi connectivity index (χ3n) is 2.51. The van der Waals surface area contributed by atoms with E-state index in [2.05, 4.69) is 6.92 Å². The molecular weight excluding hydrogens is 212 g/mol. The molecule has 0 unspecified atom stereocenters. The lowest BCUT2D eigenvalue weighted by Crippen LogP contribution is -1.96. The Bertz CT molecular complexity index is 338. The number of allylic oxidation sites excluding steroid dienone is 1. The molecule has 0 radical (unpaired) electrons. The van der Waals surface area contributed by atoms with Crippen molar-refractivity contribution in [2.24, 2.45) is 0 Å². The van der Waals surface area contributed by atoms with Crippen LogP contribution in [0.3, 0.4) is 0 Å².